The van der Waals surface area contributed by atoms with E-state index in [1.54, 1.807) is 7.11 Å². The van der Waals surface area contributed by atoms with E-state index in [2.05, 4.69) is 20.8 Å². The quantitative estimate of drug-likeness (QED) is 0.689. The second kappa shape index (κ2) is 9.41. The number of anilines is 1. The fourth-order valence-electron chi connectivity index (χ4n) is 4.15. The monoisotopic (exact) mass is 392 g/mol. The highest BCUT2D eigenvalue weighted by Crippen LogP contribution is 2.36. The van der Waals surface area contributed by atoms with Crippen LogP contribution < -0.4 is 10.6 Å². The molecule has 2 aliphatic rings. The SMILES string of the molecule is COC1CCC(C(=O)Nc2cc([C@H]3CC[C@@H](OC(=O)NC(C)C)C3)[nH]n2)CC1. The summed E-state index contributed by atoms with van der Waals surface area (Å²) in [5, 5.41) is 13.0. The lowest BCUT2D eigenvalue weighted by atomic mass is 9.87. The number of nitrogens with one attached hydrogen (secondary N) is 3. The third-order valence-corrected chi connectivity index (χ3v) is 5.73. The lowest BCUT2D eigenvalue weighted by Crippen LogP contribution is -2.33. The zero-order valence-corrected chi connectivity index (χ0v) is 17.0. The van der Waals surface area contributed by atoms with Crippen molar-refractivity contribution in [2.75, 3.05) is 12.4 Å². The van der Waals surface area contributed by atoms with Gasteiger partial charge in [0, 0.05) is 36.7 Å². The number of hydrogen-bond acceptors (Lipinski definition) is 5. The standard InChI is InChI=1S/C20H32N4O4/c1-12(2)21-20(26)28-16-9-6-14(10-16)17-11-18(24-23-17)22-19(25)13-4-7-15(27-3)8-5-13/h11-16H,4-10H2,1-3H3,(H,21,26)(H2,22,23,24,25)/t13?,14-,15?,16+/m0/s1. The summed E-state index contributed by atoms with van der Waals surface area (Å²) in [7, 11) is 1.73. The average Bonchev–Trinajstić information content (AvgIpc) is 3.30. The summed E-state index contributed by atoms with van der Waals surface area (Å²) in [6.07, 6.45) is 5.91. The molecule has 2 fully saturated rings. The van der Waals surface area contributed by atoms with Crippen molar-refractivity contribution in [3.05, 3.63) is 11.8 Å². The average molecular weight is 393 g/mol. The smallest absolute Gasteiger partial charge is 0.407 e. The van der Waals surface area contributed by atoms with Crippen molar-refractivity contribution in [1.29, 1.82) is 0 Å². The zero-order chi connectivity index (χ0) is 20.1. The van der Waals surface area contributed by atoms with Gasteiger partial charge in [0.1, 0.15) is 6.10 Å². The molecule has 8 heteroatoms. The van der Waals surface area contributed by atoms with Gasteiger partial charge in [-0.15, -0.1) is 0 Å². The predicted octanol–water partition coefficient (Wildman–Crippen LogP) is 3.32. The minimum Gasteiger partial charge on any atom is -0.446 e. The van der Waals surface area contributed by atoms with Crippen LogP contribution in [-0.4, -0.2) is 47.6 Å². The summed E-state index contributed by atoms with van der Waals surface area (Å²) in [6.45, 7) is 3.81. The molecule has 1 aromatic rings. The van der Waals surface area contributed by atoms with Crippen LogP contribution in [0.1, 0.15) is 70.4 Å². The molecule has 2 saturated carbocycles. The number of hydrogen-bond donors (Lipinski definition) is 3. The Kier molecular flexibility index (Phi) is 6.93. The number of methoxy groups -OCH3 is 1. The van der Waals surface area contributed by atoms with Gasteiger partial charge in [0.25, 0.3) is 0 Å². The van der Waals surface area contributed by atoms with E-state index in [1.165, 1.54) is 0 Å². The first-order valence-corrected chi connectivity index (χ1v) is 10.3. The largest absolute Gasteiger partial charge is 0.446 e. The summed E-state index contributed by atoms with van der Waals surface area (Å²) in [5.74, 6) is 0.879. The minimum atomic E-state index is -0.360. The van der Waals surface area contributed by atoms with Crippen LogP contribution in [0.4, 0.5) is 10.6 Å². The van der Waals surface area contributed by atoms with E-state index >= 15 is 0 Å². The van der Waals surface area contributed by atoms with Crippen LogP contribution in [0, 0.1) is 5.92 Å². The molecular weight excluding hydrogens is 360 g/mol. The molecule has 0 aromatic carbocycles. The molecule has 2 aliphatic carbocycles. The zero-order valence-electron chi connectivity index (χ0n) is 17.0. The van der Waals surface area contributed by atoms with E-state index in [0.29, 0.717) is 5.82 Å². The molecule has 2 amide bonds. The van der Waals surface area contributed by atoms with Crippen molar-refractivity contribution >= 4 is 17.8 Å². The van der Waals surface area contributed by atoms with Crippen LogP contribution in [0.25, 0.3) is 0 Å². The van der Waals surface area contributed by atoms with Crippen molar-refractivity contribution in [2.45, 2.75) is 83.0 Å². The van der Waals surface area contributed by atoms with Crippen molar-refractivity contribution < 1.29 is 19.1 Å². The Morgan fingerprint density at radius 3 is 2.54 bits per heavy atom. The summed E-state index contributed by atoms with van der Waals surface area (Å²) < 4.78 is 10.8. The maximum absolute atomic E-state index is 12.5. The topological polar surface area (TPSA) is 105 Å². The molecule has 3 N–H and O–H groups in total. The lowest BCUT2D eigenvalue weighted by Gasteiger charge is -2.26. The highest BCUT2D eigenvalue weighted by atomic mass is 16.6. The first-order valence-electron chi connectivity index (χ1n) is 10.3. The van der Waals surface area contributed by atoms with Crippen molar-refractivity contribution in [2.24, 2.45) is 5.92 Å². The van der Waals surface area contributed by atoms with E-state index in [9.17, 15) is 9.59 Å². The molecule has 8 nitrogen and oxygen atoms in total. The molecule has 0 aliphatic heterocycles. The van der Waals surface area contributed by atoms with Crippen molar-refractivity contribution in [3.63, 3.8) is 0 Å². The van der Waals surface area contributed by atoms with Crippen LogP contribution >= 0.6 is 0 Å². The number of rotatable bonds is 6. The molecular formula is C20H32N4O4. The molecule has 0 unspecified atom stereocenters. The maximum atomic E-state index is 12.5. The number of aromatic nitrogens is 2. The second-order valence-corrected chi connectivity index (χ2v) is 8.24. The van der Waals surface area contributed by atoms with Gasteiger partial charge >= 0.3 is 6.09 Å². The molecule has 0 radical (unpaired) electrons. The number of aromatic amines is 1. The summed E-state index contributed by atoms with van der Waals surface area (Å²) in [4.78, 5) is 24.2. The Morgan fingerprint density at radius 1 is 1.14 bits per heavy atom. The molecule has 1 aromatic heterocycles. The Labute approximate surface area is 166 Å². The van der Waals surface area contributed by atoms with Crippen LogP contribution in [0.3, 0.4) is 0 Å². The summed E-state index contributed by atoms with van der Waals surface area (Å²) >= 11 is 0. The molecule has 156 valence electrons. The highest BCUT2D eigenvalue weighted by Gasteiger charge is 2.31. The molecule has 1 heterocycles. The van der Waals surface area contributed by atoms with Gasteiger partial charge in [-0.1, -0.05) is 0 Å². The van der Waals surface area contributed by atoms with Crippen LogP contribution in [0.5, 0.6) is 0 Å². The van der Waals surface area contributed by atoms with E-state index < -0.39 is 0 Å². The van der Waals surface area contributed by atoms with E-state index in [0.717, 1.165) is 50.6 Å². The van der Waals surface area contributed by atoms with Crippen molar-refractivity contribution in [3.8, 4) is 0 Å². The summed E-state index contributed by atoms with van der Waals surface area (Å²) in [6, 6.07) is 1.97. The first-order chi connectivity index (χ1) is 13.4. The Bertz CT molecular complexity index is 667. The van der Waals surface area contributed by atoms with Gasteiger partial charge in [0.05, 0.1) is 6.10 Å². The van der Waals surface area contributed by atoms with Gasteiger partial charge in [0.2, 0.25) is 5.91 Å². The van der Waals surface area contributed by atoms with Crippen LogP contribution in [0.2, 0.25) is 0 Å². The molecule has 0 saturated heterocycles. The number of carbonyl (C=O) groups is 2. The highest BCUT2D eigenvalue weighted by molar-refractivity contribution is 5.91. The second-order valence-electron chi connectivity index (χ2n) is 8.24. The first kappa shape index (κ1) is 20.6. The number of carbonyl (C=O) groups excluding carboxylic acids is 2. The van der Waals surface area contributed by atoms with E-state index in [1.807, 2.05) is 19.9 Å². The molecule has 0 bridgehead atoms. The fraction of sp³-hybridized carbons (Fsp3) is 0.750. The molecule has 2 atom stereocenters. The third kappa shape index (κ3) is 5.47. The molecule has 0 spiro atoms. The number of amides is 2. The van der Waals surface area contributed by atoms with Gasteiger partial charge in [-0.3, -0.25) is 9.89 Å². The number of alkyl carbamates (subject to hydrolysis) is 1. The van der Waals surface area contributed by atoms with Crippen LogP contribution in [0.15, 0.2) is 6.07 Å². The van der Waals surface area contributed by atoms with Gasteiger partial charge in [-0.2, -0.15) is 5.10 Å². The lowest BCUT2D eigenvalue weighted by molar-refractivity contribution is -0.121. The van der Waals surface area contributed by atoms with Gasteiger partial charge in [-0.25, -0.2) is 4.79 Å². The summed E-state index contributed by atoms with van der Waals surface area (Å²) in [5.41, 5.74) is 0.980. The molecule has 28 heavy (non-hydrogen) atoms. The third-order valence-electron chi connectivity index (χ3n) is 5.73. The van der Waals surface area contributed by atoms with Gasteiger partial charge < -0.3 is 20.1 Å². The van der Waals surface area contributed by atoms with Gasteiger partial charge in [-0.05, 0) is 58.8 Å². The van der Waals surface area contributed by atoms with E-state index in [4.69, 9.17) is 9.47 Å². The Balaban J connectivity index is 1.46. The predicted molar refractivity (Wildman–Crippen MR) is 105 cm³/mol. The van der Waals surface area contributed by atoms with E-state index in [-0.39, 0.29) is 42.1 Å². The Hall–Kier alpha value is -2.09. The number of ether oxygens (including phenoxy) is 2. The number of nitrogens with zero attached hydrogens (tertiary/aromatic N) is 1. The van der Waals surface area contributed by atoms with Crippen LogP contribution in [-0.2, 0) is 14.3 Å². The molecule has 3 rings (SSSR count). The van der Waals surface area contributed by atoms with Crippen molar-refractivity contribution in [1.82, 2.24) is 15.5 Å². The normalized spacial score (nSPS) is 27.6. The van der Waals surface area contributed by atoms with Gasteiger partial charge in [0.15, 0.2) is 5.82 Å². The minimum absolute atomic E-state index is 0.0234. The Morgan fingerprint density at radius 2 is 1.86 bits per heavy atom. The maximum Gasteiger partial charge on any atom is 0.407 e. The number of H-pyrrole nitrogens is 1. The fourth-order valence-corrected chi connectivity index (χ4v) is 4.15.